The lowest BCUT2D eigenvalue weighted by Crippen LogP contribution is -2.49. The molecule has 0 bridgehead atoms. The zero-order chi connectivity index (χ0) is 29.0. The molecule has 0 spiro atoms. The summed E-state index contributed by atoms with van der Waals surface area (Å²) in [5.41, 5.74) is 1.93. The van der Waals surface area contributed by atoms with Crippen LogP contribution in [0.15, 0.2) is 66.0 Å². The monoisotopic (exact) mass is 592 g/mol. The van der Waals surface area contributed by atoms with Crippen LogP contribution in [0.5, 0.6) is 0 Å². The van der Waals surface area contributed by atoms with Crippen LogP contribution in [0.3, 0.4) is 0 Å². The molecule has 1 aromatic heterocycles. The second-order valence-corrected chi connectivity index (χ2v) is 10.5. The molecule has 0 aliphatic carbocycles. The number of nitrogens with zero attached hydrogens (tertiary/aromatic N) is 1. The first kappa shape index (κ1) is 30.8. The average Bonchev–Trinajstić information content (AvgIpc) is 3.43. The Morgan fingerprint density at radius 3 is 2.30 bits per heavy atom. The predicted molar refractivity (Wildman–Crippen MR) is 148 cm³/mol. The molecule has 3 rings (SSSR count). The number of halogens is 3. The quantitative estimate of drug-likeness (QED) is 0.244. The van der Waals surface area contributed by atoms with Crippen molar-refractivity contribution in [3.8, 4) is 10.6 Å². The van der Waals surface area contributed by atoms with E-state index < -0.39 is 41.5 Å². The lowest BCUT2D eigenvalue weighted by Gasteiger charge is -2.18. The van der Waals surface area contributed by atoms with Crippen molar-refractivity contribution in [2.24, 2.45) is 0 Å². The fourth-order valence-electron chi connectivity index (χ4n) is 3.40. The van der Waals surface area contributed by atoms with Gasteiger partial charge in [-0.1, -0.05) is 48.5 Å². The maximum Gasteiger partial charge on any atom is 0.450 e. The Bertz CT molecular complexity index is 1290. The van der Waals surface area contributed by atoms with Crippen LogP contribution in [0.2, 0.25) is 0 Å². The van der Waals surface area contributed by atoms with Crippen LogP contribution in [0, 0.1) is 0 Å². The first-order valence-electron chi connectivity index (χ1n) is 12.2. The summed E-state index contributed by atoms with van der Waals surface area (Å²) in [4.78, 5) is 53.3. The van der Waals surface area contributed by atoms with Gasteiger partial charge in [0.2, 0.25) is 17.6 Å². The Morgan fingerprint density at radius 1 is 0.950 bits per heavy atom. The lowest BCUT2D eigenvalue weighted by molar-refractivity contribution is -0.167. The molecule has 1 heterocycles. The Kier molecular flexibility index (Phi) is 11.7. The fraction of sp³-hybridized carbons (Fsp3) is 0.296. The number of Topliss-reactive ketones (excluding diaryl/α,β-unsaturated/α-hetero) is 1. The normalized spacial score (nSPS) is 11.9. The van der Waals surface area contributed by atoms with Crippen molar-refractivity contribution in [2.75, 3.05) is 18.1 Å². The van der Waals surface area contributed by atoms with Gasteiger partial charge >= 0.3 is 6.18 Å². The molecule has 212 valence electrons. The van der Waals surface area contributed by atoms with Gasteiger partial charge in [0.1, 0.15) is 11.0 Å². The van der Waals surface area contributed by atoms with E-state index in [1.165, 1.54) is 11.3 Å². The standard InChI is InChI=1S/C27H27F3N4O4S2/c28-27(29,30)22(35)17-39-13-7-12-21(34-23(36)15-32-24(37)18-8-3-1-4-9-18)25(38)31-14-20-16-40-26(33-20)19-10-5-2-6-11-19/h1-6,8-11,16,21H,7,12-15,17H2,(H,31,38)(H,32,37)(H,34,36)/t21-/m0/s1. The number of ketones is 1. The van der Waals surface area contributed by atoms with Gasteiger partial charge in [0.05, 0.1) is 24.5 Å². The van der Waals surface area contributed by atoms with Gasteiger partial charge < -0.3 is 16.0 Å². The van der Waals surface area contributed by atoms with Gasteiger partial charge in [0.15, 0.2) is 0 Å². The van der Waals surface area contributed by atoms with Gasteiger partial charge in [-0.15, -0.1) is 11.3 Å². The van der Waals surface area contributed by atoms with Gasteiger partial charge in [0, 0.05) is 16.5 Å². The van der Waals surface area contributed by atoms with Crippen LogP contribution in [-0.4, -0.2) is 58.8 Å². The Hall–Kier alpha value is -3.71. The summed E-state index contributed by atoms with van der Waals surface area (Å²) >= 11 is 2.23. The van der Waals surface area contributed by atoms with Crippen molar-refractivity contribution in [1.82, 2.24) is 20.9 Å². The summed E-state index contributed by atoms with van der Waals surface area (Å²) < 4.78 is 37.2. The van der Waals surface area contributed by atoms with Crippen molar-refractivity contribution in [1.29, 1.82) is 0 Å². The van der Waals surface area contributed by atoms with Crippen LogP contribution >= 0.6 is 23.1 Å². The van der Waals surface area contributed by atoms with Crippen molar-refractivity contribution >= 4 is 46.6 Å². The first-order chi connectivity index (χ1) is 19.1. The number of thiazole rings is 1. The van der Waals surface area contributed by atoms with Crippen LogP contribution in [0.25, 0.3) is 10.6 Å². The zero-order valence-electron chi connectivity index (χ0n) is 21.2. The molecule has 3 aromatic rings. The number of rotatable bonds is 14. The third-order valence-electron chi connectivity index (χ3n) is 5.44. The molecule has 0 unspecified atom stereocenters. The molecule has 40 heavy (non-hydrogen) atoms. The second-order valence-electron chi connectivity index (χ2n) is 8.51. The summed E-state index contributed by atoms with van der Waals surface area (Å²) in [6, 6.07) is 16.8. The van der Waals surface area contributed by atoms with Gasteiger partial charge in [-0.2, -0.15) is 24.9 Å². The molecule has 8 nitrogen and oxygen atoms in total. The topological polar surface area (TPSA) is 117 Å². The molecule has 0 aliphatic heterocycles. The van der Waals surface area contributed by atoms with Gasteiger partial charge in [-0.05, 0) is 30.7 Å². The molecule has 0 saturated heterocycles. The second kappa shape index (κ2) is 15.2. The number of carbonyl (C=O) groups excluding carboxylic acids is 4. The summed E-state index contributed by atoms with van der Waals surface area (Å²) in [5, 5.41) is 10.4. The number of aromatic nitrogens is 1. The molecule has 0 saturated carbocycles. The summed E-state index contributed by atoms with van der Waals surface area (Å²) in [7, 11) is 0. The molecule has 13 heteroatoms. The van der Waals surface area contributed by atoms with Crippen LogP contribution in [0.4, 0.5) is 13.2 Å². The summed E-state index contributed by atoms with van der Waals surface area (Å²) in [5.74, 6) is -3.93. The molecule has 2 aromatic carbocycles. The van der Waals surface area contributed by atoms with E-state index in [9.17, 15) is 32.3 Å². The highest BCUT2D eigenvalue weighted by Gasteiger charge is 2.37. The predicted octanol–water partition coefficient (Wildman–Crippen LogP) is 3.99. The third kappa shape index (κ3) is 10.1. The van der Waals surface area contributed by atoms with E-state index in [1.807, 2.05) is 35.7 Å². The number of alkyl halides is 3. The number of nitrogens with one attached hydrogen (secondary N) is 3. The molecular weight excluding hydrogens is 565 g/mol. The Morgan fingerprint density at radius 2 is 1.62 bits per heavy atom. The van der Waals surface area contributed by atoms with E-state index >= 15 is 0 Å². The fourth-order valence-corrected chi connectivity index (χ4v) is 5.09. The van der Waals surface area contributed by atoms with Crippen molar-refractivity contribution in [3.63, 3.8) is 0 Å². The number of hydrogen-bond donors (Lipinski definition) is 3. The smallest absolute Gasteiger partial charge is 0.349 e. The minimum atomic E-state index is -4.89. The third-order valence-corrected chi connectivity index (χ3v) is 7.43. The number of carbonyl (C=O) groups is 4. The van der Waals surface area contributed by atoms with E-state index in [2.05, 4.69) is 20.9 Å². The van der Waals surface area contributed by atoms with E-state index in [4.69, 9.17) is 0 Å². The largest absolute Gasteiger partial charge is 0.450 e. The number of amides is 3. The Balaban J connectivity index is 1.54. The van der Waals surface area contributed by atoms with Crippen molar-refractivity contribution in [3.05, 3.63) is 77.3 Å². The Labute approximate surface area is 237 Å². The molecule has 0 aliphatic rings. The number of thioether (sulfide) groups is 1. The summed E-state index contributed by atoms with van der Waals surface area (Å²) in [6.45, 7) is -0.271. The SMILES string of the molecule is O=C(CNC(=O)c1ccccc1)N[C@@H](CCCSCC(=O)C(F)(F)F)C(=O)NCc1csc(-c2ccccc2)n1. The maximum absolute atomic E-state index is 12.9. The average molecular weight is 593 g/mol. The highest BCUT2D eigenvalue weighted by Crippen LogP contribution is 2.23. The lowest BCUT2D eigenvalue weighted by atomic mass is 10.1. The first-order valence-corrected chi connectivity index (χ1v) is 14.2. The molecule has 0 fully saturated rings. The van der Waals surface area contributed by atoms with Crippen molar-refractivity contribution in [2.45, 2.75) is 31.6 Å². The minimum absolute atomic E-state index is 0.105. The summed E-state index contributed by atoms with van der Waals surface area (Å²) in [6.07, 6.45) is -4.51. The van der Waals surface area contributed by atoms with E-state index in [-0.39, 0.29) is 31.7 Å². The molecule has 3 amide bonds. The highest BCUT2D eigenvalue weighted by molar-refractivity contribution is 7.99. The van der Waals surface area contributed by atoms with Crippen LogP contribution < -0.4 is 16.0 Å². The van der Waals surface area contributed by atoms with E-state index in [0.717, 1.165) is 22.3 Å². The number of hydrogen-bond acceptors (Lipinski definition) is 7. The van der Waals surface area contributed by atoms with E-state index in [1.54, 1.807) is 30.3 Å². The highest BCUT2D eigenvalue weighted by atomic mass is 32.2. The number of benzene rings is 2. The maximum atomic E-state index is 12.9. The van der Waals surface area contributed by atoms with Crippen molar-refractivity contribution < 1.29 is 32.3 Å². The van der Waals surface area contributed by atoms with Gasteiger partial charge in [-0.25, -0.2) is 4.98 Å². The molecule has 0 radical (unpaired) electrons. The van der Waals surface area contributed by atoms with E-state index in [0.29, 0.717) is 11.3 Å². The minimum Gasteiger partial charge on any atom is -0.349 e. The molecule has 3 N–H and O–H groups in total. The zero-order valence-corrected chi connectivity index (χ0v) is 22.8. The van der Waals surface area contributed by atoms with Gasteiger partial charge in [-0.3, -0.25) is 19.2 Å². The van der Waals surface area contributed by atoms with Gasteiger partial charge in [0.25, 0.3) is 5.91 Å². The van der Waals surface area contributed by atoms with Crippen LogP contribution in [-0.2, 0) is 20.9 Å². The molecule has 1 atom stereocenters. The molecular formula is C27H27F3N4O4S2. The van der Waals surface area contributed by atoms with Crippen LogP contribution in [0.1, 0.15) is 28.9 Å².